The summed E-state index contributed by atoms with van der Waals surface area (Å²) in [5, 5.41) is 0. The van der Waals surface area contributed by atoms with Crippen molar-refractivity contribution in [1.29, 1.82) is 0 Å². The Morgan fingerprint density at radius 3 is 2.67 bits per heavy atom. The Morgan fingerprint density at radius 1 is 1.33 bits per heavy atom. The Labute approximate surface area is 111 Å². The van der Waals surface area contributed by atoms with Gasteiger partial charge in [-0.3, -0.25) is 11.3 Å². The maximum atomic E-state index is 5.80. The molecule has 3 nitrogen and oxygen atoms in total. The zero-order valence-corrected chi connectivity index (χ0v) is 11.8. The van der Waals surface area contributed by atoms with Gasteiger partial charge in [-0.2, -0.15) is 0 Å². The molecular weight excluding hydrogens is 224 g/mol. The molecule has 1 aromatic rings. The van der Waals surface area contributed by atoms with Gasteiger partial charge in [-0.25, -0.2) is 0 Å². The van der Waals surface area contributed by atoms with Gasteiger partial charge in [0, 0.05) is 6.61 Å². The number of ether oxygens (including phenoxy) is 1. The molecule has 0 aliphatic heterocycles. The number of nitrogens with two attached hydrogens (primary N) is 1. The second kappa shape index (κ2) is 8.25. The summed E-state index contributed by atoms with van der Waals surface area (Å²) in [6.45, 7) is 7.05. The maximum absolute atomic E-state index is 5.80. The van der Waals surface area contributed by atoms with Gasteiger partial charge >= 0.3 is 0 Å². The van der Waals surface area contributed by atoms with Crippen LogP contribution < -0.4 is 11.3 Å². The van der Waals surface area contributed by atoms with Crippen LogP contribution in [0.1, 0.15) is 37.8 Å². The minimum atomic E-state index is 0.173. The second-order valence-corrected chi connectivity index (χ2v) is 4.75. The highest BCUT2D eigenvalue weighted by atomic mass is 16.5. The van der Waals surface area contributed by atoms with Gasteiger partial charge in [0.15, 0.2) is 0 Å². The SMILES string of the molecule is CCCC(OCC)C(Cc1cccc(C)c1)NN. The number of hydrazine groups is 1. The average molecular weight is 250 g/mol. The highest BCUT2D eigenvalue weighted by Crippen LogP contribution is 2.13. The fraction of sp³-hybridized carbons (Fsp3) is 0.600. The van der Waals surface area contributed by atoms with Crippen LogP contribution in [0.15, 0.2) is 24.3 Å². The summed E-state index contributed by atoms with van der Waals surface area (Å²) in [6, 6.07) is 8.73. The Balaban J connectivity index is 2.69. The molecule has 1 aromatic carbocycles. The van der Waals surface area contributed by atoms with Crippen LogP contribution in [0.5, 0.6) is 0 Å². The molecule has 0 saturated heterocycles. The lowest BCUT2D eigenvalue weighted by Crippen LogP contribution is -2.46. The minimum absolute atomic E-state index is 0.173. The Morgan fingerprint density at radius 2 is 2.11 bits per heavy atom. The Hall–Kier alpha value is -0.900. The number of hydrogen-bond donors (Lipinski definition) is 2. The molecule has 0 saturated carbocycles. The predicted molar refractivity (Wildman–Crippen MR) is 76.3 cm³/mol. The van der Waals surface area contributed by atoms with Crippen molar-refractivity contribution in [3.63, 3.8) is 0 Å². The molecule has 0 spiro atoms. The van der Waals surface area contributed by atoms with Crippen molar-refractivity contribution in [3.05, 3.63) is 35.4 Å². The molecule has 3 heteroatoms. The van der Waals surface area contributed by atoms with Gasteiger partial charge in [0.2, 0.25) is 0 Å². The van der Waals surface area contributed by atoms with E-state index in [2.05, 4.69) is 43.5 Å². The lowest BCUT2D eigenvalue weighted by molar-refractivity contribution is 0.0281. The molecule has 0 bridgehead atoms. The second-order valence-electron chi connectivity index (χ2n) is 4.75. The quantitative estimate of drug-likeness (QED) is 0.550. The van der Waals surface area contributed by atoms with Crippen molar-refractivity contribution in [2.45, 2.75) is 52.2 Å². The number of nitrogens with one attached hydrogen (secondary N) is 1. The summed E-state index contributed by atoms with van der Waals surface area (Å²) in [5.74, 6) is 5.69. The molecule has 0 aliphatic rings. The van der Waals surface area contributed by atoms with E-state index in [4.69, 9.17) is 10.6 Å². The third kappa shape index (κ3) is 4.77. The van der Waals surface area contributed by atoms with Crippen LogP contribution in [0.4, 0.5) is 0 Å². The molecule has 0 amide bonds. The van der Waals surface area contributed by atoms with Crippen molar-refractivity contribution in [3.8, 4) is 0 Å². The first kappa shape index (κ1) is 15.2. The molecule has 0 aliphatic carbocycles. The smallest absolute Gasteiger partial charge is 0.0744 e. The van der Waals surface area contributed by atoms with Crippen LogP contribution in [0, 0.1) is 6.92 Å². The van der Waals surface area contributed by atoms with Crippen molar-refractivity contribution in [1.82, 2.24) is 5.43 Å². The highest BCUT2D eigenvalue weighted by molar-refractivity contribution is 5.23. The van der Waals surface area contributed by atoms with E-state index in [-0.39, 0.29) is 12.1 Å². The van der Waals surface area contributed by atoms with E-state index in [9.17, 15) is 0 Å². The fourth-order valence-corrected chi connectivity index (χ4v) is 2.29. The van der Waals surface area contributed by atoms with Gasteiger partial charge in [0.05, 0.1) is 12.1 Å². The van der Waals surface area contributed by atoms with Crippen LogP contribution in [-0.2, 0) is 11.2 Å². The van der Waals surface area contributed by atoms with Gasteiger partial charge < -0.3 is 4.74 Å². The largest absolute Gasteiger partial charge is 0.377 e. The first-order valence-electron chi connectivity index (χ1n) is 6.84. The first-order valence-corrected chi connectivity index (χ1v) is 6.84. The maximum Gasteiger partial charge on any atom is 0.0744 e. The summed E-state index contributed by atoms with van der Waals surface area (Å²) in [6.07, 6.45) is 3.24. The number of hydrogen-bond acceptors (Lipinski definition) is 3. The van der Waals surface area contributed by atoms with E-state index in [1.165, 1.54) is 11.1 Å². The number of benzene rings is 1. The van der Waals surface area contributed by atoms with E-state index in [1.807, 2.05) is 6.92 Å². The molecule has 0 fully saturated rings. The van der Waals surface area contributed by atoms with Crippen molar-refractivity contribution < 1.29 is 4.74 Å². The van der Waals surface area contributed by atoms with Crippen LogP contribution in [0.25, 0.3) is 0 Å². The third-order valence-electron chi connectivity index (χ3n) is 3.15. The van der Waals surface area contributed by atoms with E-state index in [1.54, 1.807) is 0 Å². The summed E-state index contributed by atoms with van der Waals surface area (Å²) in [4.78, 5) is 0. The van der Waals surface area contributed by atoms with E-state index >= 15 is 0 Å². The Kier molecular flexibility index (Phi) is 6.94. The molecule has 1 rings (SSSR count). The molecule has 2 atom stereocenters. The molecule has 0 radical (unpaired) electrons. The molecular formula is C15H26N2O. The van der Waals surface area contributed by atoms with Gasteiger partial charge in [-0.15, -0.1) is 0 Å². The zero-order valence-electron chi connectivity index (χ0n) is 11.8. The summed E-state index contributed by atoms with van der Waals surface area (Å²) in [5.41, 5.74) is 5.50. The lowest BCUT2D eigenvalue weighted by atomic mass is 9.98. The highest BCUT2D eigenvalue weighted by Gasteiger charge is 2.20. The standard InChI is InChI=1S/C15H26N2O/c1-4-7-15(18-5-2)14(17-16)11-13-9-6-8-12(3)10-13/h6,8-10,14-15,17H,4-5,7,11,16H2,1-3H3. The summed E-state index contributed by atoms with van der Waals surface area (Å²) in [7, 11) is 0. The van der Waals surface area contributed by atoms with Crippen molar-refractivity contribution in [2.75, 3.05) is 6.61 Å². The van der Waals surface area contributed by atoms with Crippen LogP contribution in [0.2, 0.25) is 0 Å². The van der Waals surface area contributed by atoms with Crippen molar-refractivity contribution >= 4 is 0 Å². The number of aryl methyl sites for hydroxylation is 1. The van der Waals surface area contributed by atoms with Gasteiger partial charge in [-0.1, -0.05) is 43.2 Å². The fourth-order valence-electron chi connectivity index (χ4n) is 2.29. The van der Waals surface area contributed by atoms with Crippen LogP contribution in [-0.4, -0.2) is 18.8 Å². The minimum Gasteiger partial charge on any atom is -0.377 e. The monoisotopic (exact) mass is 250 g/mol. The molecule has 102 valence electrons. The van der Waals surface area contributed by atoms with Gasteiger partial charge in [0.1, 0.15) is 0 Å². The molecule has 0 heterocycles. The molecule has 3 N–H and O–H groups in total. The van der Waals surface area contributed by atoms with Gasteiger partial charge in [-0.05, 0) is 32.3 Å². The molecule has 2 unspecified atom stereocenters. The van der Waals surface area contributed by atoms with Gasteiger partial charge in [0.25, 0.3) is 0 Å². The molecule has 18 heavy (non-hydrogen) atoms. The number of rotatable bonds is 8. The lowest BCUT2D eigenvalue weighted by Gasteiger charge is -2.26. The summed E-state index contributed by atoms with van der Waals surface area (Å²) < 4.78 is 5.80. The van der Waals surface area contributed by atoms with Crippen LogP contribution >= 0.6 is 0 Å². The van der Waals surface area contributed by atoms with Crippen LogP contribution in [0.3, 0.4) is 0 Å². The predicted octanol–water partition coefficient (Wildman–Crippen LogP) is 2.57. The normalized spacial score (nSPS) is 14.4. The molecule has 0 aromatic heterocycles. The van der Waals surface area contributed by atoms with E-state index < -0.39 is 0 Å². The Bertz CT molecular complexity index is 335. The summed E-state index contributed by atoms with van der Waals surface area (Å²) >= 11 is 0. The topological polar surface area (TPSA) is 47.3 Å². The third-order valence-corrected chi connectivity index (χ3v) is 3.15. The zero-order chi connectivity index (χ0) is 13.4. The van der Waals surface area contributed by atoms with E-state index in [0.29, 0.717) is 0 Å². The van der Waals surface area contributed by atoms with Crippen molar-refractivity contribution in [2.24, 2.45) is 5.84 Å². The first-order chi connectivity index (χ1) is 8.71. The average Bonchev–Trinajstić information content (AvgIpc) is 2.36. The van der Waals surface area contributed by atoms with E-state index in [0.717, 1.165) is 25.9 Å².